The van der Waals surface area contributed by atoms with Gasteiger partial charge in [-0.15, -0.1) is 0 Å². The molecule has 30 heavy (non-hydrogen) atoms. The molecule has 0 aliphatic carbocycles. The first kappa shape index (κ1) is 20.3. The van der Waals surface area contributed by atoms with Crippen LogP contribution in [0.4, 0.5) is 0 Å². The fraction of sp³-hybridized carbons (Fsp3) is 0.346. The summed E-state index contributed by atoms with van der Waals surface area (Å²) in [7, 11) is 0. The van der Waals surface area contributed by atoms with E-state index in [9.17, 15) is 4.79 Å². The van der Waals surface area contributed by atoms with E-state index >= 15 is 0 Å². The molecule has 156 valence electrons. The molecule has 0 spiro atoms. The zero-order chi connectivity index (χ0) is 21.1. The minimum Gasteiger partial charge on any atom is -0.487 e. The van der Waals surface area contributed by atoms with Crippen molar-refractivity contribution >= 4 is 16.7 Å². The zero-order valence-electron chi connectivity index (χ0n) is 17.9. The molecule has 2 atom stereocenters. The maximum atomic E-state index is 13.0. The van der Waals surface area contributed by atoms with Crippen molar-refractivity contribution < 1.29 is 14.3 Å². The highest BCUT2D eigenvalue weighted by Crippen LogP contribution is 2.42. The van der Waals surface area contributed by atoms with Gasteiger partial charge < -0.3 is 14.8 Å². The molecule has 4 rings (SSSR count). The van der Waals surface area contributed by atoms with E-state index in [0.717, 1.165) is 41.3 Å². The smallest absolute Gasteiger partial charge is 0.261 e. The van der Waals surface area contributed by atoms with Crippen molar-refractivity contribution in [3.8, 4) is 11.5 Å². The first-order valence-electron chi connectivity index (χ1n) is 10.8. The first-order valence-corrected chi connectivity index (χ1v) is 10.8. The summed E-state index contributed by atoms with van der Waals surface area (Å²) in [6, 6.07) is 21.9. The summed E-state index contributed by atoms with van der Waals surface area (Å²) >= 11 is 0. The van der Waals surface area contributed by atoms with Crippen LogP contribution in [0.1, 0.15) is 51.6 Å². The van der Waals surface area contributed by atoms with Gasteiger partial charge in [0.25, 0.3) is 5.91 Å². The molecule has 1 N–H and O–H groups in total. The Morgan fingerprint density at radius 2 is 1.77 bits per heavy atom. The highest BCUT2D eigenvalue weighted by molar-refractivity contribution is 5.84. The summed E-state index contributed by atoms with van der Waals surface area (Å²) in [5.74, 6) is 1.44. The SMILES string of the molecule is CCC1(CC)C[C@H](NC(=O)[C@@H](C)Oc2ccc3ccccc3c2)c2ccccc2O1. The first-order chi connectivity index (χ1) is 14.5. The number of carbonyl (C=O) groups excluding carboxylic acids is 1. The molecule has 3 aromatic rings. The summed E-state index contributed by atoms with van der Waals surface area (Å²) in [4.78, 5) is 13.0. The topological polar surface area (TPSA) is 47.6 Å². The van der Waals surface area contributed by atoms with E-state index in [1.54, 1.807) is 6.92 Å². The van der Waals surface area contributed by atoms with E-state index in [1.165, 1.54) is 0 Å². The molecule has 3 aromatic carbocycles. The van der Waals surface area contributed by atoms with Crippen LogP contribution in [0.5, 0.6) is 11.5 Å². The molecule has 0 saturated heterocycles. The Kier molecular flexibility index (Phi) is 5.67. The molecule has 0 unspecified atom stereocenters. The maximum absolute atomic E-state index is 13.0. The van der Waals surface area contributed by atoms with Gasteiger partial charge in [-0.05, 0) is 48.7 Å². The van der Waals surface area contributed by atoms with Crippen molar-refractivity contribution in [2.24, 2.45) is 0 Å². The van der Waals surface area contributed by atoms with Crippen LogP contribution in [0.15, 0.2) is 66.7 Å². The van der Waals surface area contributed by atoms with Crippen LogP contribution < -0.4 is 14.8 Å². The summed E-state index contributed by atoms with van der Waals surface area (Å²) in [6.07, 6.45) is 1.95. The number of carbonyl (C=O) groups is 1. The van der Waals surface area contributed by atoms with E-state index < -0.39 is 6.10 Å². The van der Waals surface area contributed by atoms with Gasteiger partial charge in [0.2, 0.25) is 0 Å². The number of hydrogen-bond acceptors (Lipinski definition) is 3. The average Bonchev–Trinajstić information content (AvgIpc) is 2.78. The standard InChI is InChI=1S/C26H29NO3/c1-4-26(5-2)17-23(22-12-8-9-13-24(22)30-26)27-25(28)18(3)29-21-15-14-19-10-6-7-11-20(19)16-21/h6-16,18,23H,4-5,17H2,1-3H3,(H,27,28)/t18-,23+/m1/s1. The van der Waals surface area contributed by atoms with Crippen LogP contribution in [0.2, 0.25) is 0 Å². The highest BCUT2D eigenvalue weighted by atomic mass is 16.5. The van der Waals surface area contributed by atoms with E-state index in [2.05, 4.69) is 25.2 Å². The summed E-state index contributed by atoms with van der Waals surface area (Å²) in [5.41, 5.74) is 0.774. The van der Waals surface area contributed by atoms with Crippen LogP contribution in [0, 0.1) is 0 Å². The third kappa shape index (κ3) is 4.00. The Balaban J connectivity index is 1.50. The van der Waals surface area contributed by atoms with Gasteiger partial charge in [-0.25, -0.2) is 0 Å². The normalized spacial score (nSPS) is 18.2. The monoisotopic (exact) mass is 403 g/mol. The molecule has 1 heterocycles. The molecule has 4 nitrogen and oxygen atoms in total. The molecule has 0 saturated carbocycles. The quantitative estimate of drug-likeness (QED) is 0.565. The fourth-order valence-electron chi connectivity index (χ4n) is 4.22. The number of fused-ring (bicyclic) bond motifs is 2. The summed E-state index contributed by atoms with van der Waals surface area (Å²) in [5, 5.41) is 5.46. The number of rotatable bonds is 6. The van der Waals surface area contributed by atoms with E-state index in [4.69, 9.17) is 9.47 Å². The number of benzene rings is 3. The highest BCUT2D eigenvalue weighted by Gasteiger charge is 2.39. The Hall–Kier alpha value is -3.01. The Bertz CT molecular complexity index is 1040. The molecule has 0 bridgehead atoms. The lowest BCUT2D eigenvalue weighted by Crippen LogP contribution is -2.46. The van der Waals surface area contributed by atoms with Crippen molar-refractivity contribution in [3.63, 3.8) is 0 Å². The van der Waals surface area contributed by atoms with Crippen molar-refractivity contribution in [1.29, 1.82) is 0 Å². The number of hydrogen-bond donors (Lipinski definition) is 1. The maximum Gasteiger partial charge on any atom is 0.261 e. The Morgan fingerprint density at radius 1 is 1.07 bits per heavy atom. The molecule has 4 heteroatoms. The lowest BCUT2D eigenvalue weighted by molar-refractivity contribution is -0.128. The van der Waals surface area contributed by atoms with Gasteiger partial charge in [-0.3, -0.25) is 4.79 Å². The van der Waals surface area contributed by atoms with Crippen LogP contribution in [0.25, 0.3) is 10.8 Å². The summed E-state index contributed by atoms with van der Waals surface area (Å²) in [6.45, 7) is 6.08. The van der Waals surface area contributed by atoms with Crippen molar-refractivity contribution in [3.05, 3.63) is 72.3 Å². The fourth-order valence-corrected chi connectivity index (χ4v) is 4.22. The molecular weight excluding hydrogens is 374 g/mol. The molecule has 0 radical (unpaired) electrons. The van der Waals surface area contributed by atoms with Crippen molar-refractivity contribution in [1.82, 2.24) is 5.32 Å². The van der Waals surface area contributed by atoms with Crippen LogP contribution in [-0.2, 0) is 4.79 Å². The number of amides is 1. The Morgan fingerprint density at radius 3 is 2.53 bits per heavy atom. The molecule has 1 amide bonds. The number of nitrogens with one attached hydrogen (secondary N) is 1. The molecule has 1 aliphatic rings. The van der Waals surface area contributed by atoms with Gasteiger partial charge in [0.1, 0.15) is 17.1 Å². The number of para-hydroxylation sites is 1. The second-order valence-corrected chi connectivity index (χ2v) is 8.06. The van der Waals surface area contributed by atoms with Gasteiger partial charge in [-0.2, -0.15) is 0 Å². The second-order valence-electron chi connectivity index (χ2n) is 8.06. The van der Waals surface area contributed by atoms with E-state index in [-0.39, 0.29) is 17.6 Å². The van der Waals surface area contributed by atoms with Gasteiger partial charge in [0.05, 0.1) is 6.04 Å². The minimum atomic E-state index is -0.598. The average molecular weight is 404 g/mol. The molecule has 0 aromatic heterocycles. The predicted molar refractivity (Wildman–Crippen MR) is 120 cm³/mol. The summed E-state index contributed by atoms with van der Waals surface area (Å²) < 4.78 is 12.3. The minimum absolute atomic E-state index is 0.0926. The van der Waals surface area contributed by atoms with Crippen LogP contribution in [-0.4, -0.2) is 17.6 Å². The number of ether oxygens (including phenoxy) is 2. The van der Waals surface area contributed by atoms with Gasteiger partial charge in [0, 0.05) is 12.0 Å². The van der Waals surface area contributed by atoms with Crippen LogP contribution in [0.3, 0.4) is 0 Å². The molecular formula is C26H29NO3. The second kappa shape index (κ2) is 8.39. The largest absolute Gasteiger partial charge is 0.487 e. The Labute approximate surface area is 178 Å². The predicted octanol–water partition coefficient (Wildman–Crippen LogP) is 5.81. The van der Waals surface area contributed by atoms with E-state index in [1.807, 2.05) is 60.7 Å². The molecule has 0 fully saturated rings. The van der Waals surface area contributed by atoms with Gasteiger partial charge in [-0.1, -0.05) is 62.4 Å². The van der Waals surface area contributed by atoms with Crippen molar-refractivity contribution in [2.75, 3.05) is 0 Å². The van der Waals surface area contributed by atoms with Gasteiger partial charge in [0.15, 0.2) is 6.10 Å². The van der Waals surface area contributed by atoms with Gasteiger partial charge >= 0.3 is 0 Å². The lowest BCUT2D eigenvalue weighted by atomic mass is 9.83. The van der Waals surface area contributed by atoms with E-state index in [0.29, 0.717) is 5.75 Å². The molecule has 1 aliphatic heterocycles. The van der Waals surface area contributed by atoms with Crippen molar-refractivity contribution in [2.45, 2.75) is 57.8 Å². The van der Waals surface area contributed by atoms with Crippen LogP contribution >= 0.6 is 0 Å². The third-order valence-corrected chi connectivity index (χ3v) is 6.21. The zero-order valence-corrected chi connectivity index (χ0v) is 17.9. The lowest BCUT2D eigenvalue weighted by Gasteiger charge is -2.41. The third-order valence-electron chi connectivity index (χ3n) is 6.21.